The lowest BCUT2D eigenvalue weighted by Crippen LogP contribution is -2.44. The molecule has 1 aliphatic carbocycles. The van der Waals surface area contributed by atoms with E-state index in [0.29, 0.717) is 5.92 Å². The van der Waals surface area contributed by atoms with E-state index in [0.717, 1.165) is 0 Å². The molecule has 2 aliphatic rings. The zero-order chi connectivity index (χ0) is 16.0. The second-order valence-electron chi connectivity index (χ2n) is 7.11. The number of nitrogens with zero attached hydrogens (tertiary/aromatic N) is 2. The topological polar surface area (TPSA) is 15.6 Å². The fourth-order valence-electron chi connectivity index (χ4n) is 4.05. The fourth-order valence-corrected chi connectivity index (χ4v) is 4.05. The molecule has 1 aliphatic heterocycles. The average molecular weight is 304 g/mol. The lowest BCUT2D eigenvalue weighted by molar-refractivity contribution is 0.290. The van der Waals surface area contributed by atoms with Crippen molar-refractivity contribution in [3.8, 4) is 0 Å². The summed E-state index contributed by atoms with van der Waals surface area (Å²) >= 11 is 0. The normalized spacial score (nSPS) is 23.5. The summed E-state index contributed by atoms with van der Waals surface area (Å²) in [6, 6.07) is 15.5. The Hall–Kier alpha value is -2.09. The Morgan fingerprint density at radius 3 is 2.48 bits per heavy atom. The summed E-state index contributed by atoms with van der Waals surface area (Å²) in [5.41, 5.74) is 6.51. The highest BCUT2D eigenvalue weighted by Gasteiger charge is 2.39. The van der Waals surface area contributed by atoms with Crippen molar-refractivity contribution in [2.75, 3.05) is 7.05 Å². The number of hydrogen-bond donors (Lipinski definition) is 0. The summed E-state index contributed by atoms with van der Waals surface area (Å²) in [4.78, 5) is 7.08. The summed E-state index contributed by atoms with van der Waals surface area (Å²) in [7, 11) is 2.13. The molecule has 0 N–H and O–H groups in total. The van der Waals surface area contributed by atoms with Gasteiger partial charge < -0.3 is 4.90 Å². The van der Waals surface area contributed by atoms with Crippen LogP contribution in [0.1, 0.15) is 54.4 Å². The van der Waals surface area contributed by atoms with Crippen LogP contribution < -0.4 is 0 Å². The van der Waals surface area contributed by atoms with Crippen LogP contribution in [0.15, 0.2) is 47.5 Å². The number of hydrogen-bond acceptors (Lipinski definition) is 2. The predicted molar refractivity (Wildman–Crippen MR) is 96.6 cm³/mol. The monoisotopic (exact) mass is 304 g/mol. The molecular weight excluding hydrogens is 280 g/mol. The third-order valence-corrected chi connectivity index (χ3v) is 5.87. The Bertz CT molecular complexity index is 773. The zero-order valence-electron chi connectivity index (χ0n) is 14.2. The minimum atomic E-state index is -0.165. The summed E-state index contributed by atoms with van der Waals surface area (Å²) in [6.07, 6.45) is 5.98. The van der Waals surface area contributed by atoms with Crippen molar-refractivity contribution >= 4 is 12.0 Å². The van der Waals surface area contributed by atoms with Gasteiger partial charge in [-0.3, -0.25) is 0 Å². The predicted octanol–water partition coefficient (Wildman–Crippen LogP) is 5.13. The maximum absolute atomic E-state index is 4.83. The van der Waals surface area contributed by atoms with Crippen LogP contribution >= 0.6 is 0 Å². The SMILES string of the molecule is Cc1ccccc1C1(C)c2cccc(C3CCC3)c2N=CN1C. The average Bonchev–Trinajstić information content (AvgIpc) is 2.50. The van der Waals surface area contributed by atoms with Crippen LogP contribution in [0.5, 0.6) is 0 Å². The summed E-state index contributed by atoms with van der Waals surface area (Å²) in [5.74, 6) is 0.701. The van der Waals surface area contributed by atoms with Gasteiger partial charge in [0.05, 0.1) is 17.6 Å². The number of aliphatic imine (C=N–C) groups is 1. The van der Waals surface area contributed by atoms with Crippen molar-refractivity contribution in [2.45, 2.75) is 44.6 Å². The Labute approximate surface area is 138 Å². The molecule has 1 atom stereocenters. The number of benzene rings is 2. The smallest absolute Gasteiger partial charge is 0.0919 e. The van der Waals surface area contributed by atoms with Crippen LogP contribution in [0.3, 0.4) is 0 Å². The van der Waals surface area contributed by atoms with E-state index in [9.17, 15) is 0 Å². The molecule has 1 saturated carbocycles. The first-order valence-corrected chi connectivity index (χ1v) is 8.59. The van der Waals surface area contributed by atoms with Crippen molar-refractivity contribution in [1.29, 1.82) is 0 Å². The maximum atomic E-state index is 4.83. The van der Waals surface area contributed by atoms with Crippen LogP contribution in [-0.4, -0.2) is 18.3 Å². The van der Waals surface area contributed by atoms with Crippen LogP contribution in [0.2, 0.25) is 0 Å². The van der Waals surface area contributed by atoms with Crippen LogP contribution in [0, 0.1) is 6.92 Å². The summed E-state index contributed by atoms with van der Waals surface area (Å²) in [5, 5.41) is 0. The van der Waals surface area contributed by atoms with Gasteiger partial charge in [0.2, 0.25) is 0 Å². The van der Waals surface area contributed by atoms with E-state index in [1.165, 1.54) is 47.2 Å². The molecular formula is C21H24N2. The van der Waals surface area contributed by atoms with Gasteiger partial charge in [0.25, 0.3) is 0 Å². The van der Waals surface area contributed by atoms with E-state index in [1.807, 2.05) is 6.34 Å². The lowest BCUT2D eigenvalue weighted by Gasteiger charge is -2.43. The highest BCUT2D eigenvalue weighted by molar-refractivity contribution is 5.74. The van der Waals surface area contributed by atoms with Crippen LogP contribution in [-0.2, 0) is 5.54 Å². The number of aryl methyl sites for hydroxylation is 1. The molecule has 1 unspecified atom stereocenters. The van der Waals surface area contributed by atoms with Crippen molar-refractivity contribution in [3.05, 3.63) is 64.7 Å². The molecule has 2 nitrogen and oxygen atoms in total. The van der Waals surface area contributed by atoms with Gasteiger partial charge in [-0.2, -0.15) is 0 Å². The quantitative estimate of drug-likeness (QED) is 0.751. The second-order valence-corrected chi connectivity index (χ2v) is 7.11. The highest BCUT2D eigenvalue weighted by Crippen LogP contribution is 2.48. The molecule has 4 rings (SSSR count). The third-order valence-electron chi connectivity index (χ3n) is 5.87. The summed E-state index contributed by atoms with van der Waals surface area (Å²) < 4.78 is 0. The molecule has 23 heavy (non-hydrogen) atoms. The molecule has 2 heteroatoms. The molecule has 0 bridgehead atoms. The number of rotatable bonds is 2. The largest absolute Gasteiger partial charge is 0.352 e. The summed E-state index contributed by atoms with van der Waals surface area (Å²) in [6.45, 7) is 4.53. The van der Waals surface area contributed by atoms with Gasteiger partial charge in [0.15, 0.2) is 0 Å². The van der Waals surface area contributed by atoms with Crippen LogP contribution in [0.25, 0.3) is 0 Å². The first-order chi connectivity index (χ1) is 11.1. The van der Waals surface area contributed by atoms with Gasteiger partial charge >= 0.3 is 0 Å². The molecule has 1 heterocycles. The zero-order valence-corrected chi connectivity index (χ0v) is 14.2. The standard InChI is InChI=1S/C21H24N2/c1-15-8-4-5-12-18(15)21(2)19-13-7-11-17(16-9-6-10-16)20(19)22-14-23(21)3/h4-5,7-8,11-14,16H,6,9-10H2,1-3H3. The minimum Gasteiger partial charge on any atom is -0.352 e. The molecule has 2 aromatic carbocycles. The Balaban J connectivity index is 1.93. The maximum Gasteiger partial charge on any atom is 0.0919 e. The van der Waals surface area contributed by atoms with E-state index in [1.54, 1.807) is 0 Å². The van der Waals surface area contributed by atoms with Gasteiger partial charge in [-0.05, 0) is 49.3 Å². The minimum absolute atomic E-state index is 0.165. The first-order valence-electron chi connectivity index (χ1n) is 8.59. The Morgan fingerprint density at radius 2 is 1.78 bits per heavy atom. The Kier molecular flexibility index (Phi) is 3.29. The van der Waals surface area contributed by atoms with E-state index in [-0.39, 0.29) is 5.54 Å². The lowest BCUT2D eigenvalue weighted by atomic mass is 9.74. The molecule has 0 amide bonds. The Morgan fingerprint density at radius 1 is 1.04 bits per heavy atom. The molecule has 0 aromatic heterocycles. The molecule has 0 spiro atoms. The van der Waals surface area contributed by atoms with E-state index < -0.39 is 0 Å². The van der Waals surface area contributed by atoms with Gasteiger partial charge in [0, 0.05) is 12.6 Å². The van der Waals surface area contributed by atoms with Crippen molar-refractivity contribution < 1.29 is 0 Å². The molecule has 118 valence electrons. The van der Waals surface area contributed by atoms with Gasteiger partial charge in [-0.25, -0.2) is 4.99 Å². The van der Waals surface area contributed by atoms with Crippen LogP contribution in [0.4, 0.5) is 5.69 Å². The van der Waals surface area contributed by atoms with Crippen molar-refractivity contribution in [2.24, 2.45) is 4.99 Å². The third kappa shape index (κ3) is 2.04. The van der Waals surface area contributed by atoms with E-state index in [4.69, 9.17) is 4.99 Å². The molecule has 0 radical (unpaired) electrons. The van der Waals surface area contributed by atoms with Gasteiger partial charge in [-0.15, -0.1) is 0 Å². The number of fused-ring (bicyclic) bond motifs is 1. The number of para-hydroxylation sites is 1. The van der Waals surface area contributed by atoms with E-state index >= 15 is 0 Å². The van der Waals surface area contributed by atoms with Crippen molar-refractivity contribution in [3.63, 3.8) is 0 Å². The van der Waals surface area contributed by atoms with Crippen molar-refractivity contribution in [1.82, 2.24) is 4.90 Å². The van der Waals surface area contributed by atoms with Gasteiger partial charge in [0.1, 0.15) is 0 Å². The van der Waals surface area contributed by atoms with E-state index in [2.05, 4.69) is 68.3 Å². The fraction of sp³-hybridized carbons (Fsp3) is 0.381. The second kappa shape index (κ2) is 5.23. The van der Waals surface area contributed by atoms with Gasteiger partial charge in [-0.1, -0.05) is 48.9 Å². The highest BCUT2D eigenvalue weighted by atomic mass is 15.2. The first kappa shape index (κ1) is 14.5. The molecule has 1 fully saturated rings. The molecule has 0 saturated heterocycles. The molecule has 2 aromatic rings.